The summed E-state index contributed by atoms with van der Waals surface area (Å²) in [6.45, 7) is 10.6. The second-order valence-electron chi connectivity index (χ2n) is 6.42. The van der Waals surface area contributed by atoms with E-state index in [0.717, 1.165) is 12.8 Å². The lowest BCUT2D eigenvalue weighted by Crippen LogP contribution is -2.40. The molecule has 116 valence electrons. The van der Waals surface area contributed by atoms with Gasteiger partial charge in [0.25, 0.3) is 0 Å². The largest absolute Gasteiger partial charge is 0.319 e. The van der Waals surface area contributed by atoms with Gasteiger partial charge in [0.1, 0.15) is 6.17 Å². The van der Waals surface area contributed by atoms with Gasteiger partial charge in [-0.2, -0.15) is 0 Å². The second-order valence-corrected chi connectivity index (χ2v) is 6.42. The highest BCUT2D eigenvalue weighted by atomic mass is 16.2. The third-order valence-electron chi connectivity index (χ3n) is 4.53. The van der Waals surface area contributed by atoms with Gasteiger partial charge in [-0.25, -0.2) is 0 Å². The number of hydrogen-bond donors (Lipinski definition) is 1. The maximum absolute atomic E-state index is 12.8. The summed E-state index contributed by atoms with van der Waals surface area (Å²) in [4.78, 5) is 14.9. The maximum atomic E-state index is 12.8. The van der Waals surface area contributed by atoms with E-state index in [1.165, 1.54) is 11.1 Å². The number of rotatable bonds is 5. The zero-order valence-electron chi connectivity index (χ0n) is 13.9. The van der Waals surface area contributed by atoms with Crippen LogP contribution in [0.15, 0.2) is 24.3 Å². The highest BCUT2D eigenvalue weighted by molar-refractivity contribution is 5.85. The number of carbonyl (C=O) groups is 1. The van der Waals surface area contributed by atoms with E-state index in [2.05, 4.69) is 69.1 Å². The lowest BCUT2D eigenvalue weighted by atomic mass is 10.0. The van der Waals surface area contributed by atoms with Crippen molar-refractivity contribution in [2.75, 3.05) is 0 Å². The second kappa shape index (κ2) is 6.61. The van der Waals surface area contributed by atoms with Crippen LogP contribution in [-0.2, 0) is 4.79 Å². The van der Waals surface area contributed by atoms with Gasteiger partial charge in [0, 0.05) is 6.04 Å². The molecule has 1 aliphatic heterocycles. The fourth-order valence-electron chi connectivity index (χ4n) is 3.17. The molecule has 1 saturated heterocycles. The molecular weight excluding hydrogens is 260 g/mol. The molecule has 1 amide bonds. The molecule has 2 atom stereocenters. The number of nitrogens with zero attached hydrogens (tertiary/aromatic N) is 1. The number of amides is 1. The molecule has 3 heteroatoms. The summed E-state index contributed by atoms with van der Waals surface area (Å²) >= 11 is 0. The normalized spacial score (nSPS) is 22.6. The number of hydrogen-bond acceptors (Lipinski definition) is 2. The van der Waals surface area contributed by atoms with E-state index in [1.54, 1.807) is 0 Å². The van der Waals surface area contributed by atoms with Crippen LogP contribution in [0.2, 0.25) is 0 Å². The fourth-order valence-corrected chi connectivity index (χ4v) is 3.17. The van der Waals surface area contributed by atoms with Crippen molar-refractivity contribution < 1.29 is 4.79 Å². The summed E-state index contributed by atoms with van der Waals surface area (Å²) in [7, 11) is 0. The van der Waals surface area contributed by atoms with Crippen LogP contribution in [0, 0.1) is 12.8 Å². The minimum Gasteiger partial charge on any atom is -0.319 e. The molecule has 0 aromatic heterocycles. The molecule has 1 fully saturated rings. The van der Waals surface area contributed by atoms with Crippen molar-refractivity contribution in [3.63, 3.8) is 0 Å². The van der Waals surface area contributed by atoms with Gasteiger partial charge in [-0.15, -0.1) is 0 Å². The van der Waals surface area contributed by atoms with E-state index in [-0.39, 0.29) is 18.1 Å². The molecule has 3 nitrogen and oxygen atoms in total. The Morgan fingerprint density at radius 2 is 1.71 bits per heavy atom. The SMILES string of the molecule is CCC(CC)N1C(=O)C(C(C)C)NC1c1ccc(C)cc1. The molecule has 1 heterocycles. The van der Waals surface area contributed by atoms with E-state index in [4.69, 9.17) is 0 Å². The average molecular weight is 288 g/mol. The van der Waals surface area contributed by atoms with Crippen LogP contribution < -0.4 is 5.32 Å². The van der Waals surface area contributed by atoms with Gasteiger partial charge >= 0.3 is 0 Å². The van der Waals surface area contributed by atoms with Gasteiger partial charge < -0.3 is 4.90 Å². The number of benzene rings is 1. The number of aryl methyl sites for hydroxylation is 1. The summed E-state index contributed by atoms with van der Waals surface area (Å²) in [5.74, 6) is 0.564. The Bertz CT molecular complexity index is 476. The van der Waals surface area contributed by atoms with Crippen LogP contribution in [0.5, 0.6) is 0 Å². The van der Waals surface area contributed by atoms with Gasteiger partial charge in [-0.3, -0.25) is 10.1 Å². The summed E-state index contributed by atoms with van der Waals surface area (Å²) in [6, 6.07) is 8.75. The van der Waals surface area contributed by atoms with Crippen LogP contribution in [0.25, 0.3) is 0 Å². The molecule has 0 bridgehead atoms. The Hall–Kier alpha value is -1.35. The van der Waals surface area contributed by atoms with E-state index < -0.39 is 0 Å². The molecular formula is C18H28N2O. The predicted molar refractivity (Wildman–Crippen MR) is 86.9 cm³/mol. The van der Waals surface area contributed by atoms with E-state index in [9.17, 15) is 4.79 Å². The maximum Gasteiger partial charge on any atom is 0.241 e. The highest BCUT2D eigenvalue weighted by Gasteiger charge is 2.43. The smallest absolute Gasteiger partial charge is 0.241 e. The average Bonchev–Trinajstić information content (AvgIpc) is 2.80. The summed E-state index contributed by atoms with van der Waals surface area (Å²) in [6.07, 6.45) is 2.00. The number of nitrogens with one attached hydrogen (secondary N) is 1. The summed E-state index contributed by atoms with van der Waals surface area (Å²) < 4.78 is 0. The molecule has 2 rings (SSSR count). The molecule has 1 aromatic rings. The van der Waals surface area contributed by atoms with Crippen molar-refractivity contribution in [3.8, 4) is 0 Å². The summed E-state index contributed by atoms with van der Waals surface area (Å²) in [5, 5.41) is 3.55. The van der Waals surface area contributed by atoms with Gasteiger partial charge in [0.2, 0.25) is 5.91 Å². The molecule has 2 unspecified atom stereocenters. The molecule has 0 saturated carbocycles. The molecule has 0 aliphatic carbocycles. The predicted octanol–water partition coefficient (Wildman–Crippen LogP) is 3.64. The van der Waals surface area contributed by atoms with E-state index in [0.29, 0.717) is 12.0 Å². The first-order valence-electron chi connectivity index (χ1n) is 8.14. The molecule has 1 aliphatic rings. The van der Waals surface area contributed by atoms with Crippen molar-refractivity contribution in [1.82, 2.24) is 10.2 Å². The van der Waals surface area contributed by atoms with Gasteiger partial charge in [-0.1, -0.05) is 57.5 Å². The van der Waals surface area contributed by atoms with Gasteiger partial charge in [-0.05, 0) is 31.2 Å². The highest BCUT2D eigenvalue weighted by Crippen LogP contribution is 2.32. The van der Waals surface area contributed by atoms with E-state index >= 15 is 0 Å². The Morgan fingerprint density at radius 3 is 2.19 bits per heavy atom. The van der Waals surface area contributed by atoms with Crippen LogP contribution in [0.3, 0.4) is 0 Å². The molecule has 0 radical (unpaired) electrons. The third kappa shape index (κ3) is 3.13. The van der Waals surface area contributed by atoms with Crippen molar-refractivity contribution in [2.24, 2.45) is 5.92 Å². The zero-order valence-corrected chi connectivity index (χ0v) is 13.9. The third-order valence-corrected chi connectivity index (χ3v) is 4.53. The van der Waals surface area contributed by atoms with Crippen LogP contribution in [-0.4, -0.2) is 22.9 Å². The van der Waals surface area contributed by atoms with Gasteiger partial charge in [0.15, 0.2) is 0 Å². The number of carbonyl (C=O) groups excluding carboxylic acids is 1. The van der Waals surface area contributed by atoms with Crippen LogP contribution in [0.1, 0.15) is 57.8 Å². The monoisotopic (exact) mass is 288 g/mol. The Morgan fingerprint density at radius 1 is 1.14 bits per heavy atom. The Balaban J connectivity index is 2.35. The topological polar surface area (TPSA) is 32.3 Å². The minimum absolute atomic E-state index is 0.00963. The first-order valence-corrected chi connectivity index (χ1v) is 8.14. The lowest BCUT2D eigenvalue weighted by molar-refractivity contribution is -0.133. The Labute approximate surface area is 128 Å². The van der Waals surface area contributed by atoms with Crippen molar-refractivity contribution in [3.05, 3.63) is 35.4 Å². The standard InChI is InChI=1S/C18H28N2O/c1-6-15(7-2)20-17(14-10-8-13(5)9-11-14)19-16(12(3)4)18(20)21/h8-12,15-17,19H,6-7H2,1-5H3. The lowest BCUT2D eigenvalue weighted by Gasteiger charge is -2.32. The quantitative estimate of drug-likeness (QED) is 0.897. The minimum atomic E-state index is -0.0723. The molecule has 0 spiro atoms. The molecule has 1 aromatic carbocycles. The first-order chi connectivity index (χ1) is 9.99. The van der Waals surface area contributed by atoms with E-state index in [1.807, 2.05) is 0 Å². The first kappa shape index (κ1) is 16.0. The molecule has 21 heavy (non-hydrogen) atoms. The molecule has 1 N–H and O–H groups in total. The van der Waals surface area contributed by atoms with Crippen molar-refractivity contribution in [1.29, 1.82) is 0 Å². The Kier molecular flexibility index (Phi) is 5.04. The van der Waals surface area contributed by atoms with Crippen molar-refractivity contribution in [2.45, 2.75) is 65.7 Å². The zero-order chi connectivity index (χ0) is 15.6. The summed E-state index contributed by atoms with van der Waals surface area (Å²) in [5.41, 5.74) is 2.43. The van der Waals surface area contributed by atoms with Crippen LogP contribution >= 0.6 is 0 Å². The van der Waals surface area contributed by atoms with Crippen molar-refractivity contribution >= 4 is 5.91 Å². The van der Waals surface area contributed by atoms with Crippen LogP contribution in [0.4, 0.5) is 0 Å². The fraction of sp³-hybridized carbons (Fsp3) is 0.611. The van der Waals surface area contributed by atoms with Gasteiger partial charge in [0.05, 0.1) is 6.04 Å².